The van der Waals surface area contributed by atoms with Gasteiger partial charge in [-0.1, -0.05) is 36.8 Å². The van der Waals surface area contributed by atoms with Crippen molar-refractivity contribution in [1.29, 1.82) is 0 Å². The number of nitrogens with zero attached hydrogens (tertiary/aromatic N) is 3. The first-order valence-corrected chi connectivity index (χ1v) is 8.35. The van der Waals surface area contributed by atoms with Crippen LogP contribution >= 0.6 is 0 Å². The second-order valence-corrected chi connectivity index (χ2v) is 6.25. The highest BCUT2D eigenvalue weighted by atomic mass is 16.4. The molecule has 0 atom stereocenters. The van der Waals surface area contributed by atoms with Gasteiger partial charge < -0.3 is 10.4 Å². The first-order valence-electron chi connectivity index (χ1n) is 8.35. The van der Waals surface area contributed by atoms with Crippen molar-refractivity contribution in [3.05, 3.63) is 41.2 Å². The predicted molar refractivity (Wildman–Crippen MR) is 93.8 cm³/mol. The number of carbonyl (C=O) groups is 2. The summed E-state index contributed by atoms with van der Waals surface area (Å²) in [5, 5.41) is 20.2. The van der Waals surface area contributed by atoms with Crippen LogP contribution < -0.4 is 5.32 Å². The Hall–Kier alpha value is -2.70. The van der Waals surface area contributed by atoms with Crippen LogP contribution in [-0.2, 0) is 4.79 Å². The van der Waals surface area contributed by atoms with E-state index in [4.69, 9.17) is 0 Å². The molecule has 0 radical (unpaired) electrons. The van der Waals surface area contributed by atoms with Crippen LogP contribution in [0.15, 0.2) is 24.3 Å². The van der Waals surface area contributed by atoms with Crippen LogP contribution in [0.25, 0.3) is 5.69 Å². The van der Waals surface area contributed by atoms with Crippen LogP contribution in [0.4, 0.5) is 0 Å². The number of hydrogen-bond donors (Lipinski definition) is 2. The molecule has 7 heteroatoms. The lowest BCUT2D eigenvalue weighted by molar-refractivity contribution is -0.149. The fraction of sp³-hybridized carbons (Fsp3) is 0.444. The number of carboxylic acid groups (broad SMARTS) is 1. The zero-order valence-electron chi connectivity index (χ0n) is 15.0. The van der Waals surface area contributed by atoms with Gasteiger partial charge in [-0.2, -0.15) is 0 Å². The Morgan fingerprint density at radius 1 is 1.16 bits per heavy atom. The minimum Gasteiger partial charge on any atom is -0.481 e. The number of nitrogens with one attached hydrogen (secondary N) is 1. The highest BCUT2D eigenvalue weighted by Gasteiger charge is 2.35. The molecule has 2 rings (SSSR count). The molecule has 0 bridgehead atoms. The molecule has 25 heavy (non-hydrogen) atoms. The molecule has 0 fully saturated rings. The molecular weight excluding hydrogens is 320 g/mol. The third kappa shape index (κ3) is 3.70. The van der Waals surface area contributed by atoms with Crippen LogP contribution in [0, 0.1) is 19.3 Å². The second-order valence-electron chi connectivity index (χ2n) is 6.25. The summed E-state index contributed by atoms with van der Waals surface area (Å²) in [6.07, 6.45) is 0.877. The van der Waals surface area contributed by atoms with Crippen molar-refractivity contribution in [2.75, 3.05) is 6.54 Å². The zero-order chi connectivity index (χ0) is 18.6. The normalized spacial score (nSPS) is 11.4. The highest BCUT2D eigenvalue weighted by molar-refractivity contribution is 5.93. The summed E-state index contributed by atoms with van der Waals surface area (Å²) >= 11 is 0. The summed E-state index contributed by atoms with van der Waals surface area (Å²) in [4.78, 5) is 24.0. The summed E-state index contributed by atoms with van der Waals surface area (Å²) in [5.41, 5.74) is 1.79. The Bertz CT molecular complexity index is 761. The van der Waals surface area contributed by atoms with Gasteiger partial charge in [0, 0.05) is 6.54 Å². The van der Waals surface area contributed by atoms with Gasteiger partial charge in [-0.05, 0) is 38.8 Å². The summed E-state index contributed by atoms with van der Waals surface area (Å²) < 4.78 is 1.60. The lowest BCUT2D eigenvalue weighted by Gasteiger charge is -2.26. The lowest BCUT2D eigenvalue weighted by atomic mass is 9.82. The number of benzene rings is 1. The van der Waals surface area contributed by atoms with Gasteiger partial charge in [0.1, 0.15) is 0 Å². The SMILES string of the molecule is CCC(CC)(CNC(=O)c1nnn(-c2ccc(C)cc2)c1C)C(=O)O. The molecule has 0 saturated carbocycles. The molecule has 0 unspecified atom stereocenters. The monoisotopic (exact) mass is 344 g/mol. The number of aromatic nitrogens is 3. The second kappa shape index (κ2) is 7.46. The Labute approximate surface area is 147 Å². The fourth-order valence-electron chi connectivity index (χ4n) is 2.68. The van der Waals surface area contributed by atoms with Crippen molar-refractivity contribution in [2.24, 2.45) is 5.41 Å². The van der Waals surface area contributed by atoms with E-state index in [2.05, 4.69) is 15.6 Å². The smallest absolute Gasteiger partial charge is 0.311 e. The van der Waals surface area contributed by atoms with Crippen molar-refractivity contribution < 1.29 is 14.7 Å². The number of carbonyl (C=O) groups excluding carboxylic acids is 1. The number of hydrogen-bond acceptors (Lipinski definition) is 4. The van der Waals surface area contributed by atoms with Gasteiger partial charge in [0.2, 0.25) is 0 Å². The molecule has 0 aliphatic carbocycles. The Morgan fingerprint density at radius 3 is 2.28 bits per heavy atom. The molecule has 1 amide bonds. The van der Waals surface area contributed by atoms with Crippen molar-refractivity contribution in [1.82, 2.24) is 20.3 Å². The molecule has 7 nitrogen and oxygen atoms in total. The first-order chi connectivity index (χ1) is 11.8. The van der Waals surface area contributed by atoms with Gasteiger partial charge in [0.05, 0.1) is 16.8 Å². The molecule has 0 saturated heterocycles. The van der Waals surface area contributed by atoms with Gasteiger partial charge in [0.15, 0.2) is 5.69 Å². The molecule has 0 aliphatic heterocycles. The number of amides is 1. The molecule has 1 heterocycles. The van der Waals surface area contributed by atoms with Gasteiger partial charge >= 0.3 is 5.97 Å². The maximum Gasteiger partial charge on any atom is 0.311 e. The molecule has 0 spiro atoms. The Kier molecular flexibility index (Phi) is 5.56. The van der Waals surface area contributed by atoms with Crippen LogP contribution in [-0.4, -0.2) is 38.5 Å². The Morgan fingerprint density at radius 2 is 1.76 bits per heavy atom. The molecule has 0 aliphatic rings. The minimum atomic E-state index is -0.962. The number of aliphatic carboxylic acids is 1. The third-order valence-corrected chi connectivity index (χ3v) is 4.78. The third-order valence-electron chi connectivity index (χ3n) is 4.78. The summed E-state index contributed by atoms with van der Waals surface area (Å²) in [7, 11) is 0. The maximum atomic E-state index is 12.4. The topological polar surface area (TPSA) is 97.1 Å². The van der Waals surface area contributed by atoms with Gasteiger partial charge in [0.25, 0.3) is 5.91 Å². The predicted octanol–water partition coefficient (Wildman–Crippen LogP) is 2.50. The number of aryl methyl sites for hydroxylation is 1. The van der Waals surface area contributed by atoms with E-state index < -0.39 is 17.3 Å². The minimum absolute atomic E-state index is 0.0605. The average Bonchev–Trinajstić information content (AvgIpc) is 2.98. The molecular formula is C18H24N4O3. The van der Waals surface area contributed by atoms with E-state index in [0.717, 1.165) is 11.3 Å². The molecule has 2 aromatic rings. The van der Waals surface area contributed by atoms with Gasteiger partial charge in [-0.25, -0.2) is 4.68 Å². The summed E-state index contributed by atoms with van der Waals surface area (Å²) in [5.74, 6) is -1.32. The first kappa shape index (κ1) is 18.6. The lowest BCUT2D eigenvalue weighted by Crippen LogP contribution is -2.42. The molecule has 134 valence electrons. The molecule has 2 N–H and O–H groups in total. The van der Waals surface area contributed by atoms with E-state index in [9.17, 15) is 14.7 Å². The van der Waals surface area contributed by atoms with E-state index in [1.807, 2.05) is 45.0 Å². The van der Waals surface area contributed by atoms with E-state index in [0.29, 0.717) is 18.5 Å². The Balaban J connectivity index is 2.18. The number of carboxylic acids is 1. The van der Waals surface area contributed by atoms with Crippen molar-refractivity contribution in [2.45, 2.75) is 40.5 Å². The largest absolute Gasteiger partial charge is 0.481 e. The number of rotatable bonds is 7. The van der Waals surface area contributed by atoms with E-state index in [1.165, 1.54) is 0 Å². The van der Waals surface area contributed by atoms with E-state index in [1.54, 1.807) is 11.6 Å². The van der Waals surface area contributed by atoms with Crippen LogP contribution in [0.5, 0.6) is 0 Å². The van der Waals surface area contributed by atoms with Gasteiger partial charge in [-0.3, -0.25) is 9.59 Å². The fourth-order valence-corrected chi connectivity index (χ4v) is 2.68. The van der Waals surface area contributed by atoms with E-state index >= 15 is 0 Å². The van der Waals surface area contributed by atoms with Crippen LogP contribution in [0.3, 0.4) is 0 Å². The highest BCUT2D eigenvalue weighted by Crippen LogP contribution is 2.25. The zero-order valence-corrected chi connectivity index (χ0v) is 15.0. The van der Waals surface area contributed by atoms with Crippen molar-refractivity contribution in [3.63, 3.8) is 0 Å². The van der Waals surface area contributed by atoms with Crippen LogP contribution in [0.1, 0.15) is 48.4 Å². The molecule has 1 aromatic heterocycles. The van der Waals surface area contributed by atoms with Gasteiger partial charge in [-0.15, -0.1) is 5.10 Å². The molecule has 1 aromatic carbocycles. The summed E-state index contributed by atoms with van der Waals surface area (Å²) in [6, 6.07) is 7.73. The summed E-state index contributed by atoms with van der Waals surface area (Å²) in [6.45, 7) is 7.43. The standard InChI is InChI=1S/C18H24N4O3/c1-5-18(6-2,17(24)25)11-19-16(23)15-13(4)22(21-20-15)14-9-7-12(3)8-10-14/h7-10H,5-6,11H2,1-4H3,(H,19,23)(H,24,25). The van der Waals surface area contributed by atoms with Crippen LogP contribution in [0.2, 0.25) is 0 Å². The van der Waals surface area contributed by atoms with E-state index in [-0.39, 0.29) is 12.2 Å². The average molecular weight is 344 g/mol. The quantitative estimate of drug-likeness (QED) is 0.804. The van der Waals surface area contributed by atoms with Crippen molar-refractivity contribution in [3.8, 4) is 5.69 Å². The van der Waals surface area contributed by atoms with Crippen molar-refractivity contribution >= 4 is 11.9 Å². The maximum absolute atomic E-state index is 12.4.